The number of methoxy groups -OCH3 is 2. The van der Waals surface area contributed by atoms with Gasteiger partial charge in [0, 0.05) is 18.0 Å². The van der Waals surface area contributed by atoms with Crippen molar-refractivity contribution < 1.29 is 28.7 Å². The van der Waals surface area contributed by atoms with Crippen LogP contribution in [0.4, 0.5) is 9.59 Å². The van der Waals surface area contributed by atoms with Crippen molar-refractivity contribution in [3.8, 4) is 32.8 Å². The highest BCUT2D eigenvalue weighted by Crippen LogP contribution is 2.40. The normalized spacial score (nSPS) is 20.2. The first kappa shape index (κ1) is 42.4. The average Bonchev–Trinajstić information content (AvgIpc) is 4.07. The van der Waals surface area contributed by atoms with Crippen LogP contribution in [0, 0.1) is 30.6 Å². The predicted molar refractivity (Wildman–Crippen MR) is 232 cm³/mol. The molecule has 318 valence electrons. The van der Waals surface area contributed by atoms with Crippen molar-refractivity contribution >= 4 is 45.7 Å². The van der Waals surface area contributed by atoms with E-state index in [0.717, 1.165) is 73.4 Å². The zero-order valence-corrected chi connectivity index (χ0v) is 36.6. The number of likely N-dealkylation sites (tertiary alicyclic amines) is 2. The second-order valence-electron chi connectivity index (χ2n) is 17.1. The van der Waals surface area contributed by atoms with Crippen molar-refractivity contribution in [3.63, 3.8) is 0 Å². The maximum absolute atomic E-state index is 13.8. The molecule has 3 aromatic heterocycles. The Balaban J connectivity index is 1.03. The molecule has 5 heterocycles. The number of hydrogen-bond donors (Lipinski definition) is 4. The van der Waals surface area contributed by atoms with Crippen LogP contribution in [0.15, 0.2) is 54.6 Å². The molecule has 0 unspecified atom stereocenters. The minimum Gasteiger partial charge on any atom is -0.453 e. The largest absolute Gasteiger partial charge is 0.453 e. The summed E-state index contributed by atoms with van der Waals surface area (Å²) in [6.07, 6.45) is 0.312. The van der Waals surface area contributed by atoms with Gasteiger partial charge in [0.05, 0.1) is 37.7 Å². The fourth-order valence-electron chi connectivity index (χ4n) is 8.56. The van der Waals surface area contributed by atoms with E-state index in [1.54, 1.807) is 11.3 Å². The highest BCUT2D eigenvalue weighted by molar-refractivity contribution is 7.21. The number of benzene rings is 2. The molecule has 0 saturated carbocycles. The van der Waals surface area contributed by atoms with Crippen LogP contribution in [0.5, 0.6) is 0 Å². The van der Waals surface area contributed by atoms with Gasteiger partial charge >= 0.3 is 12.2 Å². The van der Waals surface area contributed by atoms with Gasteiger partial charge < -0.3 is 39.9 Å². The SMILES string of the molecule is COC(=O)N[C@H](C(=O)N1C[C@@H](C)C[C@H]1c1nc(C)c(-c2ccc(-c3ccc(-c4cc5nc([C@@H]6C[C@H](C)CN6C(=O)[C@@H](NC(=O)OC)C(C)C)[nH]c5s4)cc3)cc2)[nH]1)C(C)C. The number of imidazole rings is 2. The summed E-state index contributed by atoms with van der Waals surface area (Å²) in [6.45, 7) is 15.1. The zero-order chi connectivity index (χ0) is 43.0. The van der Waals surface area contributed by atoms with E-state index >= 15 is 0 Å². The molecule has 0 aliphatic carbocycles. The maximum atomic E-state index is 13.8. The van der Waals surface area contributed by atoms with Crippen LogP contribution in [0.3, 0.4) is 0 Å². The van der Waals surface area contributed by atoms with Gasteiger partial charge in [0.25, 0.3) is 0 Å². The fraction of sp³-hybridized carbons (Fsp3) is 0.467. The maximum Gasteiger partial charge on any atom is 0.407 e. The molecule has 6 atom stereocenters. The predicted octanol–water partition coefficient (Wildman–Crippen LogP) is 8.24. The van der Waals surface area contributed by atoms with Crippen molar-refractivity contribution in [1.29, 1.82) is 0 Å². The zero-order valence-electron chi connectivity index (χ0n) is 35.8. The van der Waals surface area contributed by atoms with E-state index in [4.69, 9.17) is 19.4 Å². The summed E-state index contributed by atoms with van der Waals surface area (Å²) in [5, 5.41) is 5.45. The van der Waals surface area contributed by atoms with Crippen LogP contribution in [0.25, 0.3) is 43.2 Å². The summed E-state index contributed by atoms with van der Waals surface area (Å²) in [5.41, 5.74) is 6.88. The Labute approximate surface area is 354 Å². The van der Waals surface area contributed by atoms with Crippen molar-refractivity contribution in [2.75, 3.05) is 27.3 Å². The number of aromatic nitrogens is 4. The molecule has 2 aromatic carbocycles. The number of aryl methyl sites for hydroxylation is 1. The molecular weight excluding hydrogens is 781 g/mol. The van der Waals surface area contributed by atoms with E-state index in [1.165, 1.54) is 14.2 Å². The third kappa shape index (κ3) is 8.63. The van der Waals surface area contributed by atoms with Gasteiger partial charge in [0.2, 0.25) is 11.8 Å². The Morgan fingerprint density at radius 3 is 1.60 bits per heavy atom. The van der Waals surface area contributed by atoms with Gasteiger partial charge in [-0.3, -0.25) is 9.59 Å². The first-order valence-electron chi connectivity index (χ1n) is 20.7. The quantitative estimate of drug-likeness (QED) is 0.103. The van der Waals surface area contributed by atoms with Crippen LogP contribution in [0.1, 0.15) is 83.8 Å². The van der Waals surface area contributed by atoms with E-state index in [2.05, 4.69) is 89.0 Å². The van der Waals surface area contributed by atoms with Gasteiger partial charge in [-0.05, 0) is 71.8 Å². The summed E-state index contributed by atoms with van der Waals surface area (Å²) < 4.78 is 9.58. The number of ether oxygens (including phenoxy) is 2. The Morgan fingerprint density at radius 1 is 0.700 bits per heavy atom. The number of aromatic amines is 2. The first-order chi connectivity index (χ1) is 28.6. The molecule has 4 N–H and O–H groups in total. The smallest absolute Gasteiger partial charge is 0.407 e. The van der Waals surface area contributed by atoms with Gasteiger partial charge in [0.1, 0.15) is 34.1 Å². The van der Waals surface area contributed by atoms with Crippen LogP contribution in [-0.4, -0.2) is 93.1 Å². The van der Waals surface area contributed by atoms with Crippen molar-refractivity contribution in [2.45, 2.75) is 85.5 Å². The van der Waals surface area contributed by atoms with Crippen molar-refractivity contribution in [3.05, 3.63) is 71.9 Å². The van der Waals surface area contributed by atoms with Gasteiger partial charge in [-0.15, -0.1) is 11.3 Å². The average molecular weight is 837 g/mol. The molecule has 0 radical (unpaired) electrons. The lowest BCUT2D eigenvalue weighted by atomic mass is 10.0. The summed E-state index contributed by atoms with van der Waals surface area (Å²) in [4.78, 5) is 74.3. The summed E-state index contributed by atoms with van der Waals surface area (Å²) in [5.74, 6) is 1.58. The molecule has 14 nitrogen and oxygen atoms in total. The van der Waals surface area contributed by atoms with E-state index in [-0.39, 0.29) is 41.7 Å². The van der Waals surface area contributed by atoms with Crippen LogP contribution in [-0.2, 0) is 19.1 Å². The highest BCUT2D eigenvalue weighted by atomic mass is 32.1. The second kappa shape index (κ2) is 17.5. The van der Waals surface area contributed by atoms with Gasteiger partial charge in [0.15, 0.2) is 0 Å². The Kier molecular flexibility index (Phi) is 12.4. The lowest BCUT2D eigenvalue weighted by Gasteiger charge is -2.30. The summed E-state index contributed by atoms with van der Waals surface area (Å²) >= 11 is 1.64. The molecule has 5 aromatic rings. The minimum atomic E-state index is -0.700. The summed E-state index contributed by atoms with van der Waals surface area (Å²) in [7, 11) is 2.59. The monoisotopic (exact) mass is 836 g/mol. The molecule has 15 heteroatoms. The van der Waals surface area contributed by atoms with Gasteiger partial charge in [-0.1, -0.05) is 90.1 Å². The molecule has 0 spiro atoms. The molecule has 2 aliphatic heterocycles. The number of rotatable bonds is 11. The number of fused-ring (bicyclic) bond motifs is 1. The number of nitrogens with one attached hydrogen (secondary N) is 4. The number of alkyl carbamates (subject to hydrolysis) is 2. The third-order valence-corrected chi connectivity index (χ3v) is 12.9. The number of carbonyl (C=O) groups excluding carboxylic acids is 4. The molecule has 0 bridgehead atoms. The number of amides is 4. The van der Waals surface area contributed by atoms with Crippen LogP contribution in [0.2, 0.25) is 0 Å². The van der Waals surface area contributed by atoms with Gasteiger partial charge in [-0.2, -0.15) is 0 Å². The Hall–Kier alpha value is -5.70. The number of carbonyl (C=O) groups is 4. The van der Waals surface area contributed by atoms with Crippen LogP contribution < -0.4 is 10.6 Å². The Morgan fingerprint density at radius 2 is 1.15 bits per heavy atom. The second-order valence-corrected chi connectivity index (χ2v) is 18.1. The van der Waals surface area contributed by atoms with Gasteiger partial charge in [-0.25, -0.2) is 19.6 Å². The van der Waals surface area contributed by atoms with E-state index in [9.17, 15) is 19.2 Å². The number of H-pyrrole nitrogens is 2. The van der Waals surface area contributed by atoms with E-state index in [0.29, 0.717) is 19.0 Å². The molecule has 2 aliphatic rings. The van der Waals surface area contributed by atoms with E-state index in [1.807, 2.05) is 44.4 Å². The first-order valence-corrected chi connectivity index (χ1v) is 21.5. The lowest BCUT2D eigenvalue weighted by molar-refractivity contribution is -0.136. The standard InChI is InChI=1S/C45H56N8O6S/c1-23(2)36(49-44(56)58-8)42(54)52-21-25(5)18-33(52)39-46-27(7)38(48-39)31-16-12-29(13-17-31)28-10-14-30(15-11-28)35-20-32-41(60-35)51-40(47-32)34-19-26(6)22-53(34)43(55)37(24(3)4)50-45(57)59-9/h10-17,20,23-26,33-34,36-37H,18-19,21-22H2,1-9H3,(H,46,48)(H,47,51)(H,49,56)(H,50,57)/t25-,26-,33-,34-,36-,37-/m0/s1. The van der Waals surface area contributed by atoms with Crippen molar-refractivity contribution in [2.24, 2.45) is 23.7 Å². The molecular formula is C45H56N8O6S. The van der Waals surface area contributed by atoms with E-state index < -0.39 is 24.3 Å². The highest BCUT2D eigenvalue weighted by Gasteiger charge is 2.42. The Bertz CT molecular complexity index is 2320. The molecule has 2 fully saturated rings. The topological polar surface area (TPSA) is 175 Å². The number of hydrogen-bond acceptors (Lipinski definition) is 9. The molecule has 60 heavy (non-hydrogen) atoms. The molecule has 4 amide bonds. The minimum absolute atomic E-state index is 0.107. The number of thiophene rings is 1. The number of nitrogens with zero attached hydrogens (tertiary/aromatic N) is 4. The fourth-order valence-corrected chi connectivity index (χ4v) is 9.57. The third-order valence-electron chi connectivity index (χ3n) is 11.8. The van der Waals surface area contributed by atoms with Crippen molar-refractivity contribution in [1.82, 2.24) is 40.4 Å². The molecule has 2 saturated heterocycles. The molecule has 7 rings (SSSR count). The van der Waals surface area contributed by atoms with Crippen LogP contribution >= 0.6 is 11.3 Å². The lowest BCUT2D eigenvalue weighted by Crippen LogP contribution is -2.51. The summed E-state index contributed by atoms with van der Waals surface area (Å²) in [6, 6.07) is 17.2.